The second-order valence-corrected chi connectivity index (χ2v) is 6.89. The minimum atomic E-state index is -0.607. The number of carbonyl (C=O) groups is 1. The Balaban J connectivity index is 1.71. The lowest BCUT2D eigenvalue weighted by molar-refractivity contribution is -0.128. The van der Waals surface area contributed by atoms with E-state index >= 15 is 0 Å². The van der Waals surface area contributed by atoms with E-state index in [9.17, 15) is 10.1 Å². The van der Waals surface area contributed by atoms with Crippen molar-refractivity contribution in [1.82, 2.24) is 10.2 Å². The Kier molecular flexibility index (Phi) is 3.72. The molecule has 2 aliphatic carbocycles. The number of hydrogen-bond acceptors (Lipinski definition) is 3. The van der Waals surface area contributed by atoms with Crippen molar-refractivity contribution < 1.29 is 4.79 Å². The number of rotatable bonds is 4. The van der Waals surface area contributed by atoms with Crippen LogP contribution in [0, 0.1) is 23.2 Å². The molecule has 3 aliphatic rings. The van der Waals surface area contributed by atoms with Crippen LogP contribution in [0.5, 0.6) is 0 Å². The highest BCUT2D eigenvalue weighted by Crippen LogP contribution is 2.39. The van der Waals surface area contributed by atoms with Crippen molar-refractivity contribution in [1.29, 1.82) is 5.26 Å². The Morgan fingerprint density at radius 3 is 2.50 bits per heavy atom. The van der Waals surface area contributed by atoms with Gasteiger partial charge < -0.3 is 5.32 Å². The van der Waals surface area contributed by atoms with Gasteiger partial charge in [-0.05, 0) is 69.9 Å². The highest BCUT2D eigenvalue weighted by atomic mass is 16.2. The molecule has 0 aromatic heterocycles. The van der Waals surface area contributed by atoms with Gasteiger partial charge >= 0.3 is 0 Å². The minimum Gasteiger partial charge on any atom is -0.336 e. The minimum absolute atomic E-state index is 0.0236. The van der Waals surface area contributed by atoms with Crippen LogP contribution in [0.3, 0.4) is 0 Å². The standard InChI is InChI=1S/C16H25N3O/c1-12-5-4-8-16(12,11-17)18-15(20)14(13-6-7-13)19-9-2-3-10-19/h12-14H,2-10H2,1H3,(H,18,20). The third-order valence-corrected chi connectivity index (χ3v) is 5.47. The summed E-state index contributed by atoms with van der Waals surface area (Å²) in [5.41, 5.74) is -0.607. The normalized spacial score (nSPS) is 35.7. The number of nitrogens with one attached hydrogen (secondary N) is 1. The van der Waals surface area contributed by atoms with E-state index in [1.54, 1.807) is 0 Å². The Hall–Kier alpha value is -1.08. The van der Waals surface area contributed by atoms with Gasteiger partial charge in [-0.15, -0.1) is 0 Å². The molecule has 1 amide bonds. The van der Waals surface area contributed by atoms with Crippen molar-refractivity contribution in [2.24, 2.45) is 11.8 Å². The number of likely N-dealkylation sites (tertiary alicyclic amines) is 1. The van der Waals surface area contributed by atoms with Gasteiger partial charge in [-0.2, -0.15) is 5.26 Å². The van der Waals surface area contributed by atoms with Gasteiger partial charge in [0.15, 0.2) is 0 Å². The molecule has 4 nitrogen and oxygen atoms in total. The van der Waals surface area contributed by atoms with Gasteiger partial charge in [0.2, 0.25) is 5.91 Å². The lowest BCUT2D eigenvalue weighted by Crippen LogP contribution is -2.56. The molecule has 0 spiro atoms. The molecule has 0 aromatic rings. The summed E-state index contributed by atoms with van der Waals surface area (Å²) in [6.45, 7) is 4.19. The highest BCUT2D eigenvalue weighted by Gasteiger charge is 2.47. The number of nitriles is 1. The second kappa shape index (κ2) is 5.37. The first-order valence-corrected chi connectivity index (χ1v) is 8.13. The van der Waals surface area contributed by atoms with Gasteiger partial charge in [0.1, 0.15) is 5.54 Å². The van der Waals surface area contributed by atoms with E-state index in [4.69, 9.17) is 0 Å². The zero-order valence-electron chi connectivity index (χ0n) is 12.4. The summed E-state index contributed by atoms with van der Waals surface area (Å²) >= 11 is 0. The van der Waals surface area contributed by atoms with Crippen LogP contribution in [-0.2, 0) is 4.79 Å². The smallest absolute Gasteiger partial charge is 0.238 e. The summed E-state index contributed by atoms with van der Waals surface area (Å²) in [7, 11) is 0. The Morgan fingerprint density at radius 2 is 2.00 bits per heavy atom. The first-order chi connectivity index (χ1) is 9.66. The number of hydrogen-bond donors (Lipinski definition) is 1. The van der Waals surface area contributed by atoms with Gasteiger partial charge in [-0.25, -0.2) is 0 Å². The SMILES string of the molecule is CC1CCCC1(C#N)NC(=O)C(C1CC1)N1CCCC1. The quantitative estimate of drug-likeness (QED) is 0.854. The largest absolute Gasteiger partial charge is 0.336 e. The summed E-state index contributed by atoms with van der Waals surface area (Å²) in [5.74, 6) is 0.917. The average molecular weight is 275 g/mol. The Bertz CT molecular complexity index is 420. The van der Waals surface area contributed by atoms with Crippen LogP contribution in [-0.4, -0.2) is 35.5 Å². The molecule has 4 heteroatoms. The summed E-state index contributed by atoms with van der Waals surface area (Å²) in [4.78, 5) is 15.1. The number of amides is 1. The summed E-state index contributed by atoms with van der Waals surface area (Å²) in [6, 6.07) is 2.44. The molecule has 3 unspecified atom stereocenters. The zero-order chi connectivity index (χ0) is 14.2. The average Bonchev–Trinajstić information content (AvgIpc) is 2.97. The maximum absolute atomic E-state index is 12.8. The van der Waals surface area contributed by atoms with Gasteiger partial charge in [-0.3, -0.25) is 9.69 Å². The van der Waals surface area contributed by atoms with Crippen LogP contribution in [0.1, 0.15) is 51.9 Å². The first-order valence-electron chi connectivity index (χ1n) is 8.13. The van der Waals surface area contributed by atoms with Gasteiger partial charge in [0.25, 0.3) is 0 Å². The van der Waals surface area contributed by atoms with E-state index in [2.05, 4.69) is 23.2 Å². The van der Waals surface area contributed by atoms with E-state index in [0.717, 1.165) is 32.4 Å². The predicted octanol–water partition coefficient (Wildman–Crippen LogP) is 2.06. The predicted molar refractivity (Wildman–Crippen MR) is 76.8 cm³/mol. The molecule has 20 heavy (non-hydrogen) atoms. The third-order valence-electron chi connectivity index (χ3n) is 5.47. The Morgan fingerprint density at radius 1 is 1.30 bits per heavy atom. The zero-order valence-corrected chi connectivity index (χ0v) is 12.4. The fourth-order valence-electron chi connectivity index (χ4n) is 3.96. The first kappa shape index (κ1) is 13.9. The fraction of sp³-hybridized carbons (Fsp3) is 0.875. The molecule has 0 radical (unpaired) electrons. The maximum atomic E-state index is 12.8. The van der Waals surface area contributed by atoms with E-state index in [1.165, 1.54) is 25.7 Å². The van der Waals surface area contributed by atoms with E-state index in [-0.39, 0.29) is 17.9 Å². The van der Waals surface area contributed by atoms with Gasteiger partial charge in [-0.1, -0.05) is 6.92 Å². The molecule has 0 bridgehead atoms. The van der Waals surface area contributed by atoms with Crippen molar-refractivity contribution in [3.05, 3.63) is 0 Å². The van der Waals surface area contributed by atoms with Crippen molar-refractivity contribution in [2.45, 2.75) is 63.5 Å². The molecule has 3 atom stereocenters. The van der Waals surface area contributed by atoms with Gasteiger partial charge in [0.05, 0.1) is 12.1 Å². The molecule has 110 valence electrons. The molecule has 3 rings (SSSR count). The number of carbonyl (C=O) groups excluding carboxylic acids is 1. The number of nitrogens with zero attached hydrogens (tertiary/aromatic N) is 2. The van der Waals surface area contributed by atoms with Crippen LogP contribution in [0.15, 0.2) is 0 Å². The second-order valence-electron chi connectivity index (χ2n) is 6.89. The van der Waals surface area contributed by atoms with Crippen LogP contribution >= 0.6 is 0 Å². The molecule has 1 heterocycles. The summed E-state index contributed by atoms with van der Waals surface area (Å²) < 4.78 is 0. The third kappa shape index (κ3) is 2.44. The van der Waals surface area contributed by atoms with Crippen molar-refractivity contribution in [3.63, 3.8) is 0 Å². The van der Waals surface area contributed by atoms with E-state index in [1.807, 2.05) is 0 Å². The van der Waals surface area contributed by atoms with Crippen LogP contribution < -0.4 is 5.32 Å². The molecular formula is C16H25N3O. The topological polar surface area (TPSA) is 56.1 Å². The maximum Gasteiger partial charge on any atom is 0.238 e. The van der Waals surface area contributed by atoms with Crippen LogP contribution in [0.4, 0.5) is 0 Å². The van der Waals surface area contributed by atoms with E-state index in [0.29, 0.717) is 5.92 Å². The molecule has 1 saturated heterocycles. The monoisotopic (exact) mass is 275 g/mol. The molecule has 1 aliphatic heterocycles. The van der Waals surface area contributed by atoms with Crippen molar-refractivity contribution in [3.8, 4) is 6.07 Å². The highest BCUT2D eigenvalue weighted by molar-refractivity contribution is 5.83. The lowest BCUT2D eigenvalue weighted by Gasteiger charge is -2.33. The summed E-state index contributed by atoms with van der Waals surface area (Å²) in [6.07, 6.45) is 7.66. The van der Waals surface area contributed by atoms with Crippen LogP contribution in [0.2, 0.25) is 0 Å². The fourth-order valence-corrected chi connectivity index (χ4v) is 3.96. The van der Waals surface area contributed by atoms with Crippen molar-refractivity contribution in [2.75, 3.05) is 13.1 Å². The van der Waals surface area contributed by atoms with E-state index < -0.39 is 5.54 Å². The van der Waals surface area contributed by atoms with Crippen LogP contribution in [0.25, 0.3) is 0 Å². The molecule has 3 fully saturated rings. The molecular weight excluding hydrogens is 250 g/mol. The molecule has 0 aromatic carbocycles. The van der Waals surface area contributed by atoms with Crippen molar-refractivity contribution >= 4 is 5.91 Å². The molecule has 1 N–H and O–H groups in total. The van der Waals surface area contributed by atoms with Gasteiger partial charge in [0, 0.05) is 0 Å². The Labute approximate surface area is 121 Å². The summed E-state index contributed by atoms with van der Waals surface area (Å²) in [5, 5.41) is 12.7. The molecule has 2 saturated carbocycles. The lowest BCUT2D eigenvalue weighted by atomic mass is 9.89.